The molecule has 1 aromatic heterocycles. The van der Waals surface area contributed by atoms with E-state index < -0.39 is 5.97 Å². The third-order valence-electron chi connectivity index (χ3n) is 6.41. The van der Waals surface area contributed by atoms with Gasteiger partial charge in [0.15, 0.2) is 0 Å². The van der Waals surface area contributed by atoms with E-state index in [2.05, 4.69) is 21.4 Å². The summed E-state index contributed by atoms with van der Waals surface area (Å²) in [5.41, 5.74) is 3.52. The SMILES string of the molecule is CCOC(=O)c1cnn(-c2ccc(C(=O)NCC(c3ccccc3OC)N3CCCC3)cc2)c1C. The van der Waals surface area contributed by atoms with Gasteiger partial charge in [-0.15, -0.1) is 0 Å². The molecule has 1 aliphatic heterocycles. The van der Waals surface area contributed by atoms with Gasteiger partial charge in [0.2, 0.25) is 0 Å². The summed E-state index contributed by atoms with van der Waals surface area (Å²) >= 11 is 0. The van der Waals surface area contributed by atoms with E-state index in [0.29, 0.717) is 30.0 Å². The fraction of sp³-hybridized carbons (Fsp3) is 0.370. The highest BCUT2D eigenvalue weighted by Gasteiger charge is 2.26. The van der Waals surface area contributed by atoms with Gasteiger partial charge in [0, 0.05) is 17.7 Å². The minimum atomic E-state index is -0.394. The van der Waals surface area contributed by atoms with Crippen molar-refractivity contribution in [2.45, 2.75) is 32.7 Å². The normalized spacial score (nSPS) is 14.5. The molecular formula is C27H32N4O4. The first-order valence-electron chi connectivity index (χ1n) is 12.0. The average Bonchev–Trinajstić information content (AvgIpc) is 3.55. The number of nitrogens with zero attached hydrogens (tertiary/aromatic N) is 3. The molecule has 2 aromatic carbocycles. The molecule has 8 heteroatoms. The molecule has 1 fully saturated rings. The molecule has 35 heavy (non-hydrogen) atoms. The largest absolute Gasteiger partial charge is 0.496 e. The van der Waals surface area contributed by atoms with Crippen LogP contribution in [0, 0.1) is 6.92 Å². The molecule has 0 saturated carbocycles. The van der Waals surface area contributed by atoms with E-state index in [1.54, 1.807) is 30.8 Å². The van der Waals surface area contributed by atoms with Crippen LogP contribution in [0.5, 0.6) is 5.75 Å². The Kier molecular flexibility index (Phi) is 7.82. The van der Waals surface area contributed by atoms with E-state index in [-0.39, 0.29) is 11.9 Å². The molecular weight excluding hydrogens is 444 g/mol. The van der Waals surface area contributed by atoms with E-state index in [1.807, 2.05) is 37.3 Å². The number of benzene rings is 2. The number of carbonyl (C=O) groups excluding carboxylic acids is 2. The van der Waals surface area contributed by atoms with Crippen molar-refractivity contribution < 1.29 is 19.1 Å². The van der Waals surface area contributed by atoms with E-state index in [4.69, 9.17) is 9.47 Å². The lowest BCUT2D eigenvalue weighted by molar-refractivity contribution is 0.0525. The number of ether oxygens (including phenoxy) is 2. The molecule has 8 nitrogen and oxygen atoms in total. The number of carbonyl (C=O) groups is 2. The summed E-state index contributed by atoms with van der Waals surface area (Å²) in [6.45, 7) is 6.39. The highest BCUT2D eigenvalue weighted by molar-refractivity contribution is 5.94. The second-order valence-electron chi connectivity index (χ2n) is 8.53. The maximum atomic E-state index is 13.0. The number of methoxy groups -OCH3 is 1. The van der Waals surface area contributed by atoms with Gasteiger partial charge in [0.25, 0.3) is 5.91 Å². The van der Waals surface area contributed by atoms with Crippen molar-refractivity contribution in [3.05, 3.63) is 77.1 Å². The van der Waals surface area contributed by atoms with Crippen LogP contribution in [-0.2, 0) is 4.74 Å². The summed E-state index contributed by atoms with van der Waals surface area (Å²) in [6, 6.07) is 15.2. The number of aromatic nitrogens is 2. The van der Waals surface area contributed by atoms with Gasteiger partial charge in [0.1, 0.15) is 11.3 Å². The zero-order valence-corrected chi connectivity index (χ0v) is 20.5. The Morgan fingerprint density at radius 2 is 1.80 bits per heavy atom. The highest BCUT2D eigenvalue weighted by atomic mass is 16.5. The maximum Gasteiger partial charge on any atom is 0.341 e. The van der Waals surface area contributed by atoms with Crippen LogP contribution < -0.4 is 10.1 Å². The molecule has 1 saturated heterocycles. The summed E-state index contributed by atoms with van der Waals surface area (Å²) in [7, 11) is 1.68. The van der Waals surface area contributed by atoms with Gasteiger partial charge < -0.3 is 14.8 Å². The van der Waals surface area contributed by atoms with E-state index in [0.717, 1.165) is 42.9 Å². The van der Waals surface area contributed by atoms with Crippen LogP contribution in [0.3, 0.4) is 0 Å². The zero-order chi connectivity index (χ0) is 24.8. The van der Waals surface area contributed by atoms with Crippen LogP contribution in [-0.4, -0.2) is 59.9 Å². The predicted octanol–water partition coefficient (Wildman–Crippen LogP) is 3.93. The van der Waals surface area contributed by atoms with Crippen LogP contribution in [0.2, 0.25) is 0 Å². The predicted molar refractivity (Wildman–Crippen MR) is 133 cm³/mol. The molecule has 1 amide bonds. The quantitative estimate of drug-likeness (QED) is 0.471. The van der Waals surface area contributed by atoms with Crippen LogP contribution in [0.25, 0.3) is 5.69 Å². The first-order chi connectivity index (χ1) is 17.0. The number of likely N-dealkylation sites (tertiary alicyclic amines) is 1. The van der Waals surface area contributed by atoms with Gasteiger partial charge in [-0.05, 0) is 70.1 Å². The molecule has 1 N–H and O–H groups in total. The molecule has 0 spiro atoms. The zero-order valence-electron chi connectivity index (χ0n) is 20.5. The number of hydrogen-bond donors (Lipinski definition) is 1. The molecule has 1 atom stereocenters. The molecule has 3 aromatic rings. The lowest BCUT2D eigenvalue weighted by Crippen LogP contribution is -2.37. The van der Waals surface area contributed by atoms with Gasteiger partial charge in [-0.1, -0.05) is 18.2 Å². The van der Waals surface area contributed by atoms with Gasteiger partial charge in [-0.25, -0.2) is 9.48 Å². The van der Waals surface area contributed by atoms with Crippen molar-refractivity contribution in [1.82, 2.24) is 20.0 Å². The minimum Gasteiger partial charge on any atom is -0.496 e. The second kappa shape index (κ2) is 11.2. The van der Waals surface area contributed by atoms with Crippen molar-refractivity contribution >= 4 is 11.9 Å². The topological polar surface area (TPSA) is 85.7 Å². The summed E-state index contributed by atoms with van der Waals surface area (Å²) < 4.78 is 12.3. The Bertz CT molecular complexity index is 1170. The fourth-order valence-corrected chi connectivity index (χ4v) is 4.56. The van der Waals surface area contributed by atoms with Crippen molar-refractivity contribution in [2.24, 2.45) is 0 Å². The van der Waals surface area contributed by atoms with Gasteiger partial charge in [-0.3, -0.25) is 9.69 Å². The van der Waals surface area contributed by atoms with Gasteiger partial charge >= 0.3 is 5.97 Å². The number of hydrogen-bond acceptors (Lipinski definition) is 6. The van der Waals surface area contributed by atoms with Crippen LogP contribution in [0.1, 0.15) is 57.8 Å². The molecule has 184 valence electrons. The van der Waals surface area contributed by atoms with Crippen LogP contribution in [0.15, 0.2) is 54.7 Å². The van der Waals surface area contributed by atoms with Crippen molar-refractivity contribution in [2.75, 3.05) is 33.4 Å². The van der Waals surface area contributed by atoms with E-state index in [1.165, 1.54) is 6.20 Å². The van der Waals surface area contributed by atoms with Crippen molar-refractivity contribution in [3.8, 4) is 11.4 Å². The van der Waals surface area contributed by atoms with Gasteiger partial charge in [0.05, 0.1) is 37.3 Å². The summed E-state index contributed by atoms with van der Waals surface area (Å²) in [5.74, 6) is 0.301. The minimum absolute atomic E-state index is 0.0462. The third kappa shape index (κ3) is 5.38. The average molecular weight is 477 g/mol. The molecule has 0 bridgehead atoms. The lowest BCUT2D eigenvalue weighted by Gasteiger charge is -2.29. The summed E-state index contributed by atoms with van der Waals surface area (Å²) in [6.07, 6.45) is 3.82. The van der Waals surface area contributed by atoms with Gasteiger partial charge in [-0.2, -0.15) is 5.10 Å². The number of rotatable bonds is 9. The Balaban J connectivity index is 1.46. The maximum absolute atomic E-state index is 13.0. The number of para-hydroxylation sites is 1. The first-order valence-corrected chi connectivity index (χ1v) is 12.0. The Labute approximate surface area is 205 Å². The molecule has 1 unspecified atom stereocenters. The molecule has 1 aliphatic rings. The lowest BCUT2D eigenvalue weighted by atomic mass is 10.0. The molecule has 4 rings (SSSR count). The first kappa shape index (κ1) is 24.5. The van der Waals surface area contributed by atoms with E-state index in [9.17, 15) is 9.59 Å². The van der Waals surface area contributed by atoms with Crippen molar-refractivity contribution in [3.63, 3.8) is 0 Å². The second-order valence-corrected chi connectivity index (χ2v) is 8.53. The smallest absolute Gasteiger partial charge is 0.341 e. The van der Waals surface area contributed by atoms with Crippen molar-refractivity contribution in [1.29, 1.82) is 0 Å². The van der Waals surface area contributed by atoms with E-state index >= 15 is 0 Å². The fourth-order valence-electron chi connectivity index (χ4n) is 4.56. The standard InChI is InChI=1S/C27H32N4O4/c1-4-35-27(33)23-17-29-31(19(23)2)21-13-11-20(12-14-21)26(32)28-18-24(30-15-7-8-16-30)22-9-5-6-10-25(22)34-3/h5-6,9-14,17,24H,4,7-8,15-16,18H2,1-3H3,(H,28,32). The Morgan fingerprint density at radius 1 is 1.09 bits per heavy atom. The number of nitrogens with one attached hydrogen (secondary N) is 1. The third-order valence-corrected chi connectivity index (χ3v) is 6.41. The number of amides is 1. The number of esters is 1. The molecule has 0 aliphatic carbocycles. The molecule has 2 heterocycles. The summed E-state index contributed by atoms with van der Waals surface area (Å²) in [4.78, 5) is 27.5. The summed E-state index contributed by atoms with van der Waals surface area (Å²) in [5, 5.41) is 7.42. The van der Waals surface area contributed by atoms with Crippen LogP contribution >= 0.6 is 0 Å². The molecule has 0 radical (unpaired) electrons. The highest BCUT2D eigenvalue weighted by Crippen LogP contribution is 2.31. The van der Waals surface area contributed by atoms with Crippen LogP contribution in [0.4, 0.5) is 0 Å². The Hall–Kier alpha value is -3.65. The Morgan fingerprint density at radius 3 is 2.49 bits per heavy atom. The monoisotopic (exact) mass is 476 g/mol.